The molecule has 1 unspecified atom stereocenters. The number of ether oxygens (including phenoxy) is 1. The summed E-state index contributed by atoms with van der Waals surface area (Å²) in [5.74, 6) is 0.295. The first-order valence-electron chi connectivity index (χ1n) is 6.37. The minimum Gasteiger partial charge on any atom is -0.465 e. The zero-order chi connectivity index (χ0) is 12.7. The SMILES string of the molecule is CCCCCC(C)c1ccc(C(=O)OC)cc1. The standard InChI is InChI=1S/C15H22O2/c1-4-5-6-7-12(2)13-8-10-14(11-9-13)15(16)17-3/h8-12H,4-7H2,1-3H3. The van der Waals surface area contributed by atoms with Gasteiger partial charge >= 0.3 is 5.97 Å². The summed E-state index contributed by atoms with van der Waals surface area (Å²) in [5.41, 5.74) is 1.92. The van der Waals surface area contributed by atoms with Gasteiger partial charge in [-0.25, -0.2) is 4.79 Å². The number of carbonyl (C=O) groups excluding carboxylic acids is 1. The molecule has 0 saturated heterocycles. The minimum absolute atomic E-state index is 0.268. The van der Waals surface area contributed by atoms with Crippen molar-refractivity contribution in [3.8, 4) is 0 Å². The van der Waals surface area contributed by atoms with Crippen LogP contribution in [-0.2, 0) is 4.74 Å². The normalized spacial score (nSPS) is 12.2. The van der Waals surface area contributed by atoms with Crippen molar-refractivity contribution < 1.29 is 9.53 Å². The molecule has 0 aromatic heterocycles. The highest BCUT2D eigenvalue weighted by Crippen LogP contribution is 2.22. The van der Waals surface area contributed by atoms with E-state index in [9.17, 15) is 4.79 Å². The van der Waals surface area contributed by atoms with Gasteiger partial charge in [0.15, 0.2) is 0 Å². The van der Waals surface area contributed by atoms with Gasteiger partial charge in [0.25, 0.3) is 0 Å². The molecule has 0 aliphatic carbocycles. The first-order valence-corrected chi connectivity index (χ1v) is 6.37. The Hall–Kier alpha value is -1.31. The zero-order valence-electron chi connectivity index (χ0n) is 11.0. The van der Waals surface area contributed by atoms with Crippen LogP contribution in [-0.4, -0.2) is 13.1 Å². The lowest BCUT2D eigenvalue weighted by Crippen LogP contribution is -2.01. The van der Waals surface area contributed by atoms with E-state index in [0.717, 1.165) is 0 Å². The van der Waals surface area contributed by atoms with Crippen LogP contribution >= 0.6 is 0 Å². The van der Waals surface area contributed by atoms with E-state index in [0.29, 0.717) is 11.5 Å². The minimum atomic E-state index is -0.268. The van der Waals surface area contributed by atoms with Crippen LogP contribution in [0.3, 0.4) is 0 Å². The van der Waals surface area contributed by atoms with Crippen molar-refractivity contribution in [2.75, 3.05) is 7.11 Å². The lowest BCUT2D eigenvalue weighted by molar-refractivity contribution is 0.0600. The number of hydrogen-bond donors (Lipinski definition) is 0. The number of carbonyl (C=O) groups is 1. The maximum Gasteiger partial charge on any atom is 0.337 e. The van der Waals surface area contributed by atoms with Gasteiger partial charge < -0.3 is 4.74 Å². The van der Waals surface area contributed by atoms with E-state index >= 15 is 0 Å². The monoisotopic (exact) mass is 234 g/mol. The zero-order valence-corrected chi connectivity index (χ0v) is 11.0. The maximum absolute atomic E-state index is 11.3. The van der Waals surface area contributed by atoms with Crippen LogP contribution < -0.4 is 0 Å². The van der Waals surface area contributed by atoms with Crippen LogP contribution in [0.15, 0.2) is 24.3 Å². The highest BCUT2D eigenvalue weighted by Gasteiger charge is 2.08. The third-order valence-electron chi connectivity index (χ3n) is 3.14. The third kappa shape index (κ3) is 4.22. The topological polar surface area (TPSA) is 26.3 Å². The van der Waals surface area contributed by atoms with Gasteiger partial charge in [0.05, 0.1) is 12.7 Å². The van der Waals surface area contributed by atoms with Gasteiger partial charge in [0.1, 0.15) is 0 Å². The van der Waals surface area contributed by atoms with Crippen LogP contribution in [0.25, 0.3) is 0 Å². The molecule has 17 heavy (non-hydrogen) atoms. The summed E-state index contributed by atoms with van der Waals surface area (Å²) in [6.45, 7) is 4.46. The quantitative estimate of drug-likeness (QED) is 0.546. The summed E-state index contributed by atoms with van der Waals surface area (Å²) >= 11 is 0. The Morgan fingerprint density at radius 2 is 1.88 bits per heavy atom. The molecule has 0 aliphatic rings. The molecule has 0 heterocycles. The van der Waals surface area contributed by atoms with Crippen molar-refractivity contribution in [1.82, 2.24) is 0 Å². The Morgan fingerprint density at radius 1 is 1.24 bits per heavy atom. The summed E-state index contributed by atoms with van der Waals surface area (Å²) < 4.78 is 4.68. The molecule has 0 saturated carbocycles. The van der Waals surface area contributed by atoms with Gasteiger partial charge in [-0.2, -0.15) is 0 Å². The molecule has 94 valence electrons. The summed E-state index contributed by atoms with van der Waals surface area (Å²) in [6, 6.07) is 7.75. The maximum atomic E-state index is 11.3. The van der Waals surface area contributed by atoms with Gasteiger partial charge in [-0.15, -0.1) is 0 Å². The number of methoxy groups -OCH3 is 1. The fourth-order valence-electron chi connectivity index (χ4n) is 1.93. The average Bonchev–Trinajstić information content (AvgIpc) is 2.38. The van der Waals surface area contributed by atoms with E-state index in [1.165, 1.54) is 38.4 Å². The van der Waals surface area contributed by atoms with Crippen molar-refractivity contribution in [3.05, 3.63) is 35.4 Å². The molecule has 0 amide bonds. The second-order valence-corrected chi connectivity index (χ2v) is 4.51. The van der Waals surface area contributed by atoms with Crippen molar-refractivity contribution in [2.45, 2.75) is 45.4 Å². The third-order valence-corrected chi connectivity index (χ3v) is 3.14. The molecular formula is C15H22O2. The van der Waals surface area contributed by atoms with E-state index in [1.807, 2.05) is 24.3 Å². The second kappa shape index (κ2) is 7.10. The van der Waals surface area contributed by atoms with Crippen LogP contribution in [0, 0.1) is 0 Å². The Labute approximate surface area is 104 Å². The van der Waals surface area contributed by atoms with E-state index in [4.69, 9.17) is 0 Å². The summed E-state index contributed by atoms with van der Waals surface area (Å²) in [4.78, 5) is 11.3. The highest BCUT2D eigenvalue weighted by molar-refractivity contribution is 5.89. The van der Waals surface area contributed by atoms with E-state index in [-0.39, 0.29) is 5.97 Å². The largest absolute Gasteiger partial charge is 0.465 e. The Morgan fingerprint density at radius 3 is 2.41 bits per heavy atom. The van der Waals surface area contributed by atoms with Gasteiger partial charge in [-0.3, -0.25) is 0 Å². The molecule has 0 N–H and O–H groups in total. The number of unbranched alkanes of at least 4 members (excludes halogenated alkanes) is 2. The van der Waals surface area contributed by atoms with Crippen LogP contribution in [0.4, 0.5) is 0 Å². The van der Waals surface area contributed by atoms with Crippen LogP contribution in [0.5, 0.6) is 0 Å². The molecular weight excluding hydrogens is 212 g/mol. The molecule has 2 heteroatoms. The van der Waals surface area contributed by atoms with Gasteiger partial charge in [0.2, 0.25) is 0 Å². The fourth-order valence-corrected chi connectivity index (χ4v) is 1.93. The lowest BCUT2D eigenvalue weighted by Gasteiger charge is -2.11. The molecule has 1 aromatic carbocycles. The predicted octanol–water partition coefficient (Wildman–Crippen LogP) is 4.16. The highest BCUT2D eigenvalue weighted by atomic mass is 16.5. The van der Waals surface area contributed by atoms with Crippen molar-refractivity contribution in [1.29, 1.82) is 0 Å². The van der Waals surface area contributed by atoms with E-state index < -0.39 is 0 Å². The van der Waals surface area contributed by atoms with Crippen LogP contribution in [0.2, 0.25) is 0 Å². The predicted molar refractivity (Wildman–Crippen MR) is 70.3 cm³/mol. The lowest BCUT2D eigenvalue weighted by atomic mass is 9.94. The molecule has 1 aromatic rings. The number of benzene rings is 1. The van der Waals surface area contributed by atoms with Crippen molar-refractivity contribution in [2.24, 2.45) is 0 Å². The number of esters is 1. The molecule has 0 fully saturated rings. The van der Waals surface area contributed by atoms with Crippen molar-refractivity contribution in [3.63, 3.8) is 0 Å². The summed E-state index contributed by atoms with van der Waals surface area (Å²) in [7, 11) is 1.41. The molecule has 0 aliphatic heterocycles. The first kappa shape index (κ1) is 13.8. The molecule has 0 spiro atoms. The first-order chi connectivity index (χ1) is 8.19. The fraction of sp³-hybridized carbons (Fsp3) is 0.533. The average molecular weight is 234 g/mol. The Kier molecular flexibility index (Phi) is 5.75. The molecule has 0 radical (unpaired) electrons. The summed E-state index contributed by atoms with van der Waals surface area (Å²) in [5, 5.41) is 0. The smallest absolute Gasteiger partial charge is 0.337 e. The van der Waals surface area contributed by atoms with Gasteiger partial charge in [-0.05, 0) is 30.0 Å². The summed E-state index contributed by atoms with van der Waals surface area (Å²) in [6.07, 6.45) is 5.04. The van der Waals surface area contributed by atoms with Gasteiger partial charge in [0, 0.05) is 0 Å². The Balaban J connectivity index is 2.57. The number of hydrogen-bond acceptors (Lipinski definition) is 2. The Bertz CT molecular complexity index is 340. The number of rotatable bonds is 6. The molecule has 1 rings (SSSR count). The van der Waals surface area contributed by atoms with Crippen molar-refractivity contribution >= 4 is 5.97 Å². The van der Waals surface area contributed by atoms with E-state index in [1.54, 1.807) is 0 Å². The van der Waals surface area contributed by atoms with Crippen LogP contribution in [0.1, 0.15) is 61.4 Å². The van der Waals surface area contributed by atoms with E-state index in [2.05, 4.69) is 18.6 Å². The molecule has 1 atom stereocenters. The second-order valence-electron chi connectivity index (χ2n) is 4.51. The van der Waals surface area contributed by atoms with Gasteiger partial charge in [-0.1, -0.05) is 45.2 Å². The molecule has 2 nitrogen and oxygen atoms in total. The molecule has 0 bridgehead atoms.